The maximum atomic E-state index is 12.0. The van der Waals surface area contributed by atoms with Crippen LogP contribution in [0.15, 0.2) is 0 Å². The lowest BCUT2D eigenvalue weighted by atomic mass is 9.69. The second-order valence-electron chi connectivity index (χ2n) is 5.77. The Kier molecular flexibility index (Phi) is 5.61. The van der Waals surface area contributed by atoms with Crippen LogP contribution in [0.3, 0.4) is 0 Å². The van der Waals surface area contributed by atoms with Crippen LogP contribution >= 0.6 is 0 Å². The molecule has 0 radical (unpaired) electrons. The Morgan fingerprint density at radius 3 is 2.56 bits per heavy atom. The number of amides is 1. The lowest BCUT2D eigenvalue weighted by Crippen LogP contribution is -2.46. The van der Waals surface area contributed by atoms with E-state index in [1.54, 1.807) is 0 Å². The number of hydrogen-bond donors (Lipinski definition) is 2. The van der Waals surface area contributed by atoms with Gasteiger partial charge in [-0.05, 0) is 43.9 Å². The van der Waals surface area contributed by atoms with Crippen molar-refractivity contribution < 1.29 is 9.90 Å². The number of carbonyl (C=O) groups excluding carboxylic acids is 1. The van der Waals surface area contributed by atoms with Crippen LogP contribution in [0.4, 0.5) is 0 Å². The Labute approximate surface area is 109 Å². The molecule has 1 rings (SSSR count). The predicted molar refractivity (Wildman–Crippen MR) is 69.6 cm³/mol. The average molecular weight is 252 g/mol. The Morgan fingerprint density at radius 1 is 1.50 bits per heavy atom. The van der Waals surface area contributed by atoms with E-state index < -0.39 is 5.41 Å². The molecule has 0 aromatic heterocycles. The number of nitrogens with one attached hydrogen (secondary N) is 1. The number of hydrogen-bond acceptors (Lipinski definition) is 3. The van der Waals surface area contributed by atoms with Gasteiger partial charge in [0.15, 0.2) is 0 Å². The fourth-order valence-corrected chi connectivity index (χ4v) is 2.48. The highest BCUT2D eigenvalue weighted by atomic mass is 16.3. The largest absolute Gasteiger partial charge is 0.396 e. The van der Waals surface area contributed by atoms with E-state index in [2.05, 4.69) is 25.2 Å². The summed E-state index contributed by atoms with van der Waals surface area (Å²) in [5.74, 6) is 0.727. The van der Waals surface area contributed by atoms with Crippen molar-refractivity contribution >= 4 is 5.91 Å². The van der Waals surface area contributed by atoms with Gasteiger partial charge in [-0.3, -0.25) is 4.79 Å². The number of nitrogens with zero attached hydrogens (tertiary/aromatic N) is 1. The maximum absolute atomic E-state index is 12.0. The second-order valence-corrected chi connectivity index (χ2v) is 5.77. The van der Waals surface area contributed by atoms with Gasteiger partial charge in [0.1, 0.15) is 5.41 Å². The second kappa shape index (κ2) is 6.75. The molecule has 1 atom stereocenters. The zero-order valence-electron chi connectivity index (χ0n) is 11.4. The van der Waals surface area contributed by atoms with Gasteiger partial charge in [0.05, 0.1) is 6.07 Å². The molecule has 0 spiro atoms. The standard InChI is InChI=1S/C14H24N2O2/c1-11(2)8-12(4-7-17)9-16-13(18)14(10-15)5-3-6-14/h11-12,17H,3-9H2,1-2H3,(H,16,18). The summed E-state index contributed by atoms with van der Waals surface area (Å²) in [6, 6.07) is 2.15. The quantitative estimate of drug-likeness (QED) is 0.726. The van der Waals surface area contributed by atoms with Crippen LogP contribution in [0.2, 0.25) is 0 Å². The topological polar surface area (TPSA) is 73.1 Å². The Balaban J connectivity index is 2.42. The summed E-state index contributed by atoms with van der Waals surface area (Å²) in [6.07, 6.45) is 4.03. The molecule has 1 unspecified atom stereocenters. The van der Waals surface area contributed by atoms with Crippen LogP contribution in [0, 0.1) is 28.6 Å². The highest BCUT2D eigenvalue weighted by Gasteiger charge is 2.44. The summed E-state index contributed by atoms with van der Waals surface area (Å²) in [7, 11) is 0. The van der Waals surface area contributed by atoms with Crippen LogP contribution in [0.1, 0.15) is 46.0 Å². The predicted octanol–water partition coefficient (Wildman–Crippen LogP) is 1.84. The molecule has 4 nitrogen and oxygen atoms in total. The summed E-state index contributed by atoms with van der Waals surface area (Å²) in [6.45, 7) is 4.99. The summed E-state index contributed by atoms with van der Waals surface area (Å²) < 4.78 is 0. The molecule has 0 bridgehead atoms. The zero-order valence-corrected chi connectivity index (χ0v) is 11.4. The summed E-state index contributed by atoms with van der Waals surface area (Å²) >= 11 is 0. The molecule has 0 aliphatic heterocycles. The monoisotopic (exact) mass is 252 g/mol. The Hall–Kier alpha value is -1.08. The van der Waals surface area contributed by atoms with Gasteiger partial charge < -0.3 is 10.4 Å². The first-order valence-corrected chi connectivity index (χ1v) is 6.84. The zero-order chi connectivity index (χ0) is 13.6. The third-order valence-electron chi connectivity index (χ3n) is 3.75. The molecule has 0 saturated heterocycles. The van der Waals surface area contributed by atoms with Crippen LogP contribution in [-0.2, 0) is 4.79 Å². The van der Waals surface area contributed by atoms with Gasteiger partial charge in [-0.25, -0.2) is 0 Å². The third kappa shape index (κ3) is 3.71. The molecule has 1 amide bonds. The molecular formula is C14H24N2O2. The number of carbonyl (C=O) groups is 1. The SMILES string of the molecule is CC(C)CC(CCO)CNC(=O)C1(C#N)CCC1. The average Bonchev–Trinajstić information content (AvgIpc) is 2.25. The van der Waals surface area contributed by atoms with E-state index in [-0.39, 0.29) is 12.5 Å². The Morgan fingerprint density at radius 2 is 2.17 bits per heavy atom. The minimum absolute atomic E-state index is 0.122. The van der Waals surface area contributed by atoms with Gasteiger partial charge in [-0.2, -0.15) is 5.26 Å². The molecule has 1 aliphatic rings. The molecular weight excluding hydrogens is 228 g/mol. The van der Waals surface area contributed by atoms with E-state index in [0.29, 0.717) is 37.6 Å². The van der Waals surface area contributed by atoms with E-state index in [1.807, 2.05) is 0 Å². The number of aliphatic hydroxyl groups is 1. The van der Waals surface area contributed by atoms with Crippen molar-refractivity contribution in [3.8, 4) is 6.07 Å². The first-order valence-electron chi connectivity index (χ1n) is 6.84. The smallest absolute Gasteiger partial charge is 0.240 e. The van der Waals surface area contributed by atoms with Crippen molar-refractivity contribution in [3.63, 3.8) is 0 Å². The number of rotatable bonds is 7. The first-order chi connectivity index (χ1) is 8.54. The maximum Gasteiger partial charge on any atom is 0.240 e. The highest BCUT2D eigenvalue weighted by Crippen LogP contribution is 2.40. The van der Waals surface area contributed by atoms with Gasteiger partial charge >= 0.3 is 0 Å². The van der Waals surface area contributed by atoms with E-state index in [9.17, 15) is 4.79 Å². The van der Waals surface area contributed by atoms with Crippen LogP contribution < -0.4 is 5.32 Å². The molecule has 4 heteroatoms. The molecule has 102 valence electrons. The van der Waals surface area contributed by atoms with Crippen molar-refractivity contribution in [3.05, 3.63) is 0 Å². The number of nitriles is 1. The van der Waals surface area contributed by atoms with E-state index in [4.69, 9.17) is 10.4 Å². The highest BCUT2D eigenvalue weighted by molar-refractivity contribution is 5.86. The van der Waals surface area contributed by atoms with E-state index >= 15 is 0 Å². The lowest BCUT2D eigenvalue weighted by Gasteiger charge is -2.34. The van der Waals surface area contributed by atoms with Crippen molar-refractivity contribution in [1.29, 1.82) is 5.26 Å². The van der Waals surface area contributed by atoms with Gasteiger partial charge in [0.25, 0.3) is 0 Å². The van der Waals surface area contributed by atoms with Crippen LogP contribution in [0.25, 0.3) is 0 Å². The molecule has 1 fully saturated rings. The van der Waals surface area contributed by atoms with Gasteiger partial charge in [-0.1, -0.05) is 13.8 Å². The lowest BCUT2D eigenvalue weighted by molar-refractivity contribution is -0.132. The number of aliphatic hydroxyl groups excluding tert-OH is 1. The molecule has 1 aliphatic carbocycles. The van der Waals surface area contributed by atoms with Crippen molar-refractivity contribution in [2.45, 2.75) is 46.0 Å². The van der Waals surface area contributed by atoms with Gasteiger partial charge in [0.2, 0.25) is 5.91 Å². The van der Waals surface area contributed by atoms with Gasteiger partial charge in [-0.15, -0.1) is 0 Å². The van der Waals surface area contributed by atoms with Crippen molar-refractivity contribution in [2.75, 3.05) is 13.2 Å². The van der Waals surface area contributed by atoms with Crippen LogP contribution in [-0.4, -0.2) is 24.2 Å². The molecule has 2 N–H and O–H groups in total. The first kappa shape index (κ1) is 15.0. The molecule has 18 heavy (non-hydrogen) atoms. The van der Waals surface area contributed by atoms with E-state index in [0.717, 1.165) is 12.8 Å². The molecule has 0 aromatic rings. The summed E-state index contributed by atoms with van der Waals surface area (Å²) in [4.78, 5) is 12.0. The summed E-state index contributed by atoms with van der Waals surface area (Å²) in [5, 5.41) is 21.0. The minimum atomic E-state index is -0.762. The fourth-order valence-electron chi connectivity index (χ4n) is 2.48. The van der Waals surface area contributed by atoms with Gasteiger partial charge in [0, 0.05) is 13.2 Å². The Bertz CT molecular complexity index is 316. The summed E-state index contributed by atoms with van der Waals surface area (Å²) in [5.41, 5.74) is -0.762. The van der Waals surface area contributed by atoms with Crippen molar-refractivity contribution in [1.82, 2.24) is 5.32 Å². The fraction of sp³-hybridized carbons (Fsp3) is 0.857. The molecule has 1 saturated carbocycles. The third-order valence-corrected chi connectivity index (χ3v) is 3.75. The minimum Gasteiger partial charge on any atom is -0.396 e. The normalized spacial score (nSPS) is 18.8. The van der Waals surface area contributed by atoms with E-state index in [1.165, 1.54) is 0 Å². The van der Waals surface area contributed by atoms with Crippen LogP contribution in [0.5, 0.6) is 0 Å². The molecule has 0 heterocycles. The van der Waals surface area contributed by atoms with Crippen molar-refractivity contribution in [2.24, 2.45) is 17.3 Å². The molecule has 0 aromatic carbocycles.